The largest absolute Gasteiger partial charge is 0.442 e. The van der Waals surface area contributed by atoms with E-state index in [4.69, 9.17) is 4.74 Å². The van der Waals surface area contributed by atoms with Crippen molar-refractivity contribution in [3.63, 3.8) is 0 Å². The van der Waals surface area contributed by atoms with Crippen molar-refractivity contribution in [1.29, 1.82) is 0 Å². The highest BCUT2D eigenvalue weighted by molar-refractivity contribution is 5.91. The van der Waals surface area contributed by atoms with Crippen LogP contribution in [0.15, 0.2) is 36.4 Å². The molecule has 4 nitrogen and oxygen atoms in total. The van der Waals surface area contributed by atoms with Gasteiger partial charge in [0.1, 0.15) is 0 Å². The average molecular weight is 261 g/mol. The maximum atomic E-state index is 11.6. The normalized spacial score (nSPS) is 12.1. The fraction of sp³-hybridized carbons (Fsp3) is 0.333. The van der Waals surface area contributed by atoms with Crippen LogP contribution in [0.4, 0.5) is 0 Å². The number of ether oxygens (including phenoxy) is 1. The van der Waals surface area contributed by atoms with Crippen LogP contribution in [0.25, 0.3) is 6.08 Å². The Morgan fingerprint density at radius 2 is 2.00 bits per heavy atom. The van der Waals surface area contributed by atoms with Gasteiger partial charge in [0.15, 0.2) is 6.23 Å². The van der Waals surface area contributed by atoms with Crippen LogP contribution in [0.1, 0.15) is 32.3 Å². The summed E-state index contributed by atoms with van der Waals surface area (Å²) in [5.74, 6) is -0.594. The molecule has 0 spiro atoms. The summed E-state index contributed by atoms with van der Waals surface area (Å²) in [4.78, 5) is 22.8. The molecule has 0 saturated carbocycles. The van der Waals surface area contributed by atoms with Crippen molar-refractivity contribution in [2.45, 2.75) is 32.9 Å². The first-order valence-corrected chi connectivity index (χ1v) is 6.35. The number of benzene rings is 1. The second-order valence-corrected chi connectivity index (χ2v) is 4.13. The van der Waals surface area contributed by atoms with Gasteiger partial charge in [-0.05, 0) is 25.0 Å². The number of esters is 1. The molecule has 0 bridgehead atoms. The molecule has 0 heterocycles. The number of carbonyl (C=O) groups excluding carboxylic acids is 2. The van der Waals surface area contributed by atoms with Gasteiger partial charge in [-0.15, -0.1) is 0 Å². The Hall–Kier alpha value is -2.10. The van der Waals surface area contributed by atoms with Gasteiger partial charge in [-0.25, -0.2) is 0 Å². The van der Waals surface area contributed by atoms with E-state index in [1.165, 1.54) is 6.08 Å². The van der Waals surface area contributed by atoms with Gasteiger partial charge in [0.2, 0.25) is 5.91 Å². The first kappa shape index (κ1) is 15.0. The van der Waals surface area contributed by atoms with E-state index in [-0.39, 0.29) is 11.9 Å². The van der Waals surface area contributed by atoms with E-state index in [1.54, 1.807) is 13.0 Å². The van der Waals surface area contributed by atoms with E-state index >= 15 is 0 Å². The number of amides is 1. The summed E-state index contributed by atoms with van der Waals surface area (Å²) in [5.41, 5.74) is 0.938. The lowest BCUT2D eigenvalue weighted by Crippen LogP contribution is -2.34. The SMILES string of the molecule is CCCC(=O)OC(C)NC(=O)C=Cc1ccccc1. The van der Waals surface area contributed by atoms with Crippen LogP contribution < -0.4 is 5.32 Å². The number of hydrogen-bond donors (Lipinski definition) is 1. The molecule has 0 aliphatic carbocycles. The maximum absolute atomic E-state index is 11.6. The highest BCUT2D eigenvalue weighted by atomic mass is 16.6. The van der Waals surface area contributed by atoms with Crippen molar-refractivity contribution in [3.8, 4) is 0 Å². The molecule has 1 atom stereocenters. The second kappa shape index (κ2) is 8.08. The molecule has 1 aromatic rings. The second-order valence-electron chi connectivity index (χ2n) is 4.13. The Balaban J connectivity index is 2.38. The monoisotopic (exact) mass is 261 g/mol. The summed E-state index contributed by atoms with van der Waals surface area (Å²) in [6, 6.07) is 9.50. The molecule has 1 rings (SSSR count). The molecule has 0 aliphatic heterocycles. The molecular formula is C15H19NO3. The van der Waals surface area contributed by atoms with E-state index in [1.807, 2.05) is 37.3 Å². The molecule has 1 unspecified atom stereocenters. The predicted octanol–water partition coefficient (Wildman–Crippen LogP) is 2.51. The molecule has 4 heteroatoms. The quantitative estimate of drug-likeness (QED) is 0.486. The lowest BCUT2D eigenvalue weighted by molar-refractivity contribution is -0.150. The van der Waals surface area contributed by atoms with E-state index in [2.05, 4.69) is 5.32 Å². The highest BCUT2D eigenvalue weighted by Gasteiger charge is 2.09. The smallest absolute Gasteiger partial charge is 0.307 e. The highest BCUT2D eigenvalue weighted by Crippen LogP contribution is 2.01. The number of nitrogens with one attached hydrogen (secondary N) is 1. The zero-order valence-electron chi connectivity index (χ0n) is 11.3. The molecule has 1 N–H and O–H groups in total. The molecule has 1 aromatic carbocycles. The summed E-state index contributed by atoms with van der Waals surface area (Å²) in [6.45, 7) is 3.52. The summed E-state index contributed by atoms with van der Waals surface area (Å²) < 4.78 is 5.01. The minimum absolute atomic E-state index is 0.291. The van der Waals surface area contributed by atoms with Crippen LogP contribution >= 0.6 is 0 Å². The lowest BCUT2D eigenvalue weighted by atomic mass is 10.2. The van der Waals surface area contributed by atoms with Crippen LogP contribution in [-0.4, -0.2) is 18.1 Å². The summed E-state index contributed by atoms with van der Waals surface area (Å²) in [5, 5.41) is 2.57. The van der Waals surface area contributed by atoms with Crippen molar-refractivity contribution in [2.24, 2.45) is 0 Å². The van der Waals surface area contributed by atoms with Gasteiger partial charge in [0.25, 0.3) is 0 Å². The third-order valence-corrected chi connectivity index (χ3v) is 2.33. The third kappa shape index (κ3) is 6.41. The molecule has 1 amide bonds. The Kier molecular flexibility index (Phi) is 6.36. The van der Waals surface area contributed by atoms with Crippen molar-refractivity contribution < 1.29 is 14.3 Å². The molecule has 102 valence electrons. The van der Waals surface area contributed by atoms with Crippen molar-refractivity contribution in [1.82, 2.24) is 5.32 Å². The van der Waals surface area contributed by atoms with E-state index < -0.39 is 6.23 Å². The molecule has 0 aromatic heterocycles. The first-order chi connectivity index (χ1) is 9.11. The minimum Gasteiger partial charge on any atom is -0.442 e. The van der Waals surface area contributed by atoms with Crippen molar-refractivity contribution in [3.05, 3.63) is 42.0 Å². The lowest BCUT2D eigenvalue weighted by Gasteiger charge is -2.13. The molecule has 0 aliphatic rings. The van der Waals surface area contributed by atoms with Crippen molar-refractivity contribution >= 4 is 18.0 Å². The zero-order chi connectivity index (χ0) is 14.1. The van der Waals surface area contributed by atoms with Crippen LogP contribution in [-0.2, 0) is 14.3 Å². The van der Waals surface area contributed by atoms with E-state index in [9.17, 15) is 9.59 Å². The summed E-state index contributed by atoms with van der Waals surface area (Å²) >= 11 is 0. The van der Waals surface area contributed by atoms with E-state index in [0.717, 1.165) is 12.0 Å². The molecule has 19 heavy (non-hydrogen) atoms. The topological polar surface area (TPSA) is 55.4 Å². The van der Waals surface area contributed by atoms with Gasteiger partial charge >= 0.3 is 5.97 Å². The Morgan fingerprint density at radius 3 is 2.63 bits per heavy atom. The molecule has 0 fully saturated rings. The fourth-order valence-corrected chi connectivity index (χ4v) is 1.47. The van der Waals surface area contributed by atoms with Crippen molar-refractivity contribution in [2.75, 3.05) is 0 Å². The van der Waals surface area contributed by atoms with Crippen LogP contribution in [0.5, 0.6) is 0 Å². The van der Waals surface area contributed by atoms with Crippen LogP contribution in [0, 0.1) is 0 Å². The van der Waals surface area contributed by atoms with Gasteiger partial charge in [-0.2, -0.15) is 0 Å². The fourth-order valence-electron chi connectivity index (χ4n) is 1.47. The maximum Gasteiger partial charge on any atom is 0.307 e. The Morgan fingerprint density at radius 1 is 1.32 bits per heavy atom. The van der Waals surface area contributed by atoms with Gasteiger partial charge in [-0.1, -0.05) is 37.3 Å². The molecular weight excluding hydrogens is 242 g/mol. The van der Waals surface area contributed by atoms with Gasteiger partial charge in [-0.3, -0.25) is 9.59 Å². The molecule has 0 radical (unpaired) electrons. The van der Waals surface area contributed by atoms with Gasteiger partial charge in [0.05, 0.1) is 0 Å². The van der Waals surface area contributed by atoms with Crippen LogP contribution in [0.2, 0.25) is 0 Å². The minimum atomic E-state index is -0.619. The summed E-state index contributed by atoms with van der Waals surface area (Å²) in [6.07, 6.45) is 3.59. The number of carbonyl (C=O) groups is 2. The summed E-state index contributed by atoms with van der Waals surface area (Å²) in [7, 11) is 0. The van der Waals surface area contributed by atoms with Gasteiger partial charge < -0.3 is 10.1 Å². The number of rotatable bonds is 6. The van der Waals surface area contributed by atoms with E-state index in [0.29, 0.717) is 6.42 Å². The number of hydrogen-bond acceptors (Lipinski definition) is 3. The third-order valence-electron chi connectivity index (χ3n) is 2.33. The molecule has 0 saturated heterocycles. The zero-order valence-corrected chi connectivity index (χ0v) is 11.3. The Bertz CT molecular complexity index is 440. The Labute approximate surface area is 113 Å². The first-order valence-electron chi connectivity index (χ1n) is 6.35. The van der Waals surface area contributed by atoms with Gasteiger partial charge in [0, 0.05) is 12.5 Å². The average Bonchev–Trinajstić information content (AvgIpc) is 2.37. The standard InChI is InChI=1S/C15H19NO3/c1-3-7-15(18)19-12(2)16-14(17)11-10-13-8-5-4-6-9-13/h4-6,8-12H,3,7H2,1-2H3,(H,16,17). The van der Waals surface area contributed by atoms with Crippen LogP contribution in [0.3, 0.4) is 0 Å². The predicted molar refractivity (Wildman–Crippen MR) is 74.1 cm³/mol.